The molecular formula is C20H18ClN7. The molecule has 0 aliphatic carbocycles. The predicted molar refractivity (Wildman–Crippen MR) is 111 cm³/mol. The van der Waals surface area contributed by atoms with Crippen LogP contribution >= 0.6 is 11.6 Å². The lowest BCUT2D eigenvalue weighted by molar-refractivity contribution is 0.725. The Kier molecular flexibility index (Phi) is 5.44. The zero-order valence-electron chi connectivity index (χ0n) is 15.0. The first-order valence-electron chi connectivity index (χ1n) is 8.78. The van der Waals surface area contributed by atoms with Crippen molar-refractivity contribution in [3.8, 4) is 11.3 Å². The smallest absolute Gasteiger partial charge is 0.227 e. The third-order valence-corrected chi connectivity index (χ3v) is 4.26. The van der Waals surface area contributed by atoms with Crippen molar-refractivity contribution in [2.75, 3.05) is 17.2 Å². The Morgan fingerprint density at radius 3 is 2.79 bits per heavy atom. The maximum Gasteiger partial charge on any atom is 0.227 e. The summed E-state index contributed by atoms with van der Waals surface area (Å²) in [6.07, 6.45) is 8.98. The normalized spacial score (nSPS) is 10.6. The maximum atomic E-state index is 6.03. The molecule has 7 nitrogen and oxygen atoms in total. The number of hydrogen-bond donors (Lipinski definition) is 2. The molecule has 0 radical (unpaired) electrons. The Labute approximate surface area is 167 Å². The second-order valence-electron chi connectivity index (χ2n) is 6.06. The summed E-state index contributed by atoms with van der Waals surface area (Å²) in [7, 11) is 0. The summed E-state index contributed by atoms with van der Waals surface area (Å²) < 4.78 is 2.01. The highest BCUT2D eigenvalue weighted by atomic mass is 35.5. The molecule has 4 rings (SSSR count). The van der Waals surface area contributed by atoms with Crippen LogP contribution in [-0.2, 0) is 6.54 Å². The van der Waals surface area contributed by atoms with Crippen molar-refractivity contribution in [1.29, 1.82) is 0 Å². The minimum atomic E-state index is 0.506. The fourth-order valence-corrected chi connectivity index (χ4v) is 2.88. The van der Waals surface area contributed by atoms with Crippen LogP contribution in [0.3, 0.4) is 0 Å². The van der Waals surface area contributed by atoms with Gasteiger partial charge in [0.05, 0.1) is 12.0 Å². The molecule has 4 aromatic rings. The Bertz CT molecular complexity index is 1050. The highest BCUT2D eigenvalue weighted by molar-refractivity contribution is 6.30. The van der Waals surface area contributed by atoms with E-state index in [1.807, 2.05) is 53.2 Å². The van der Waals surface area contributed by atoms with E-state index in [1.54, 1.807) is 24.9 Å². The van der Waals surface area contributed by atoms with Gasteiger partial charge in [0, 0.05) is 54.2 Å². The third-order valence-electron chi connectivity index (χ3n) is 4.03. The Morgan fingerprint density at radius 2 is 1.93 bits per heavy atom. The summed E-state index contributed by atoms with van der Waals surface area (Å²) in [4.78, 5) is 17.3. The molecule has 0 atom stereocenters. The van der Waals surface area contributed by atoms with Gasteiger partial charge in [0.1, 0.15) is 5.82 Å². The SMILES string of the molecule is Clc1cccc(Nc2nccc(-c3ccnc(NCCn4ccnc4)c3)n2)c1. The van der Waals surface area contributed by atoms with Crippen LogP contribution in [0, 0.1) is 0 Å². The molecular weight excluding hydrogens is 374 g/mol. The summed E-state index contributed by atoms with van der Waals surface area (Å²) in [6.45, 7) is 1.56. The number of nitrogens with one attached hydrogen (secondary N) is 2. The molecule has 0 saturated carbocycles. The number of halogens is 1. The number of aromatic nitrogens is 5. The van der Waals surface area contributed by atoms with Gasteiger partial charge in [-0.05, 0) is 36.4 Å². The highest BCUT2D eigenvalue weighted by Crippen LogP contribution is 2.22. The Morgan fingerprint density at radius 1 is 1.00 bits per heavy atom. The number of hydrogen-bond acceptors (Lipinski definition) is 6. The van der Waals surface area contributed by atoms with Crippen LogP contribution in [0.4, 0.5) is 17.5 Å². The van der Waals surface area contributed by atoms with Gasteiger partial charge in [-0.2, -0.15) is 0 Å². The van der Waals surface area contributed by atoms with Crippen LogP contribution < -0.4 is 10.6 Å². The molecule has 0 bridgehead atoms. The molecule has 1 aromatic carbocycles. The van der Waals surface area contributed by atoms with E-state index in [9.17, 15) is 0 Å². The minimum absolute atomic E-state index is 0.506. The van der Waals surface area contributed by atoms with E-state index < -0.39 is 0 Å². The summed E-state index contributed by atoms with van der Waals surface area (Å²) in [5.41, 5.74) is 2.59. The van der Waals surface area contributed by atoms with Gasteiger partial charge in [0.15, 0.2) is 0 Å². The van der Waals surface area contributed by atoms with E-state index in [-0.39, 0.29) is 0 Å². The fraction of sp³-hybridized carbons (Fsp3) is 0.100. The summed E-state index contributed by atoms with van der Waals surface area (Å²) in [5, 5.41) is 7.15. The van der Waals surface area contributed by atoms with Crippen molar-refractivity contribution in [1.82, 2.24) is 24.5 Å². The number of imidazole rings is 1. The van der Waals surface area contributed by atoms with Crippen molar-refractivity contribution >= 4 is 29.1 Å². The van der Waals surface area contributed by atoms with Gasteiger partial charge in [-0.15, -0.1) is 0 Å². The van der Waals surface area contributed by atoms with Crippen molar-refractivity contribution in [3.63, 3.8) is 0 Å². The topological polar surface area (TPSA) is 80.5 Å². The van der Waals surface area contributed by atoms with Gasteiger partial charge in [-0.25, -0.2) is 19.9 Å². The summed E-state index contributed by atoms with van der Waals surface area (Å²) in [6, 6.07) is 13.2. The number of rotatable bonds is 7. The van der Waals surface area contributed by atoms with Gasteiger partial charge < -0.3 is 15.2 Å². The zero-order chi connectivity index (χ0) is 19.2. The summed E-state index contributed by atoms with van der Waals surface area (Å²) >= 11 is 6.03. The molecule has 28 heavy (non-hydrogen) atoms. The van der Waals surface area contributed by atoms with Crippen molar-refractivity contribution in [2.45, 2.75) is 6.54 Å². The number of anilines is 3. The lowest BCUT2D eigenvalue weighted by Gasteiger charge is -2.09. The molecule has 0 amide bonds. The number of pyridine rings is 1. The van der Waals surface area contributed by atoms with E-state index in [0.29, 0.717) is 11.0 Å². The Balaban J connectivity index is 1.46. The molecule has 0 aliphatic heterocycles. The van der Waals surface area contributed by atoms with E-state index in [4.69, 9.17) is 11.6 Å². The Hall–Kier alpha value is -3.45. The summed E-state index contributed by atoms with van der Waals surface area (Å²) in [5.74, 6) is 1.30. The van der Waals surface area contributed by atoms with E-state index >= 15 is 0 Å². The van der Waals surface area contributed by atoms with Gasteiger partial charge in [0.25, 0.3) is 0 Å². The number of nitrogens with zero attached hydrogens (tertiary/aromatic N) is 5. The standard InChI is InChI=1S/C20H18ClN7/c21-16-2-1-3-17(13-16)26-20-25-7-5-18(27-20)15-4-6-23-19(12-15)24-9-11-28-10-8-22-14-28/h1-8,10,12-14H,9,11H2,(H,23,24)(H,25,26,27). The molecule has 0 unspecified atom stereocenters. The second kappa shape index (κ2) is 8.49. The van der Waals surface area contributed by atoms with Crippen LogP contribution in [0.1, 0.15) is 0 Å². The molecule has 0 spiro atoms. The monoisotopic (exact) mass is 391 g/mol. The molecule has 0 aliphatic rings. The van der Waals surface area contributed by atoms with Crippen LogP contribution in [0.2, 0.25) is 5.02 Å². The van der Waals surface area contributed by atoms with Crippen LogP contribution in [0.25, 0.3) is 11.3 Å². The van der Waals surface area contributed by atoms with E-state index in [0.717, 1.165) is 35.9 Å². The first-order valence-corrected chi connectivity index (χ1v) is 9.16. The number of benzene rings is 1. The molecule has 8 heteroatoms. The van der Waals surface area contributed by atoms with Crippen LogP contribution in [0.5, 0.6) is 0 Å². The van der Waals surface area contributed by atoms with Gasteiger partial charge in [0.2, 0.25) is 5.95 Å². The minimum Gasteiger partial charge on any atom is -0.368 e. The van der Waals surface area contributed by atoms with Crippen molar-refractivity contribution < 1.29 is 0 Å². The van der Waals surface area contributed by atoms with E-state index in [2.05, 4.69) is 30.6 Å². The van der Waals surface area contributed by atoms with Crippen molar-refractivity contribution in [2.24, 2.45) is 0 Å². The molecule has 3 heterocycles. The molecule has 2 N–H and O–H groups in total. The molecule has 0 fully saturated rings. The fourth-order valence-electron chi connectivity index (χ4n) is 2.69. The average Bonchev–Trinajstić information content (AvgIpc) is 3.22. The molecule has 140 valence electrons. The first-order chi connectivity index (χ1) is 13.8. The quantitative estimate of drug-likeness (QED) is 0.490. The van der Waals surface area contributed by atoms with E-state index in [1.165, 1.54) is 0 Å². The molecule has 3 aromatic heterocycles. The van der Waals surface area contributed by atoms with Crippen LogP contribution in [0.15, 0.2) is 73.6 Å². The second-order valence-corrected chi connectivity index (χ2v) is 6.49. The lowest BCUT2D eigenvalue weighted by Crippen LogP contribution is -2.10. The van der Waals surface area contributed by atoms with Gasteiger partial charge in [-0.1, -0.05) is 17.7 Å². The van der Waals surface area contributed by atoms with Gasteiger partial charge >= 0.3 is 0 Å². The first kappa shape index (κ1) is 17.9. The van der Waals surface area contributed by atoms with Crippen LogP contribution in [-0.4, -0.2) is 31.0 Å². The predicted octanol–water partition coefficient (Wildman–Crippen LogP) is 4.24. The van der Waals surface area contributed by atoms with Gasteiger partial charge in [-0.3, -0.25) is 0 Å². The largest absolute Gasteiger partial charge is 0.368 e. The third kappa shape index (κ3) is 4.63. The maximum absolute atomic E-state index is 6.03. The van der Waals surface area contributed by atoms with Crippen molar-refractivity contribution in [3.05, 3.63) is 78.6 Å². The zero-order valence-corrected chi connectivity index (χ0v) is 15.7. The molecule has 0 saturated heterocycles. The lowest BCUT2D eigenvalue weighted by atomic mass is 10.2. The average molecular weight is 392 g/mol. The highest BCUT2D eigenvalue weighted by Gasteiger charge is 2.05.